The summed E-state index contributed by atoms with van der Waals surface area (Å²) in [6, 6.07) is 4.91. The van der Waals surface area contributed by atoms with Crippen molar-refractivity contribution in [1.29, 1.82) is 0 Å². The SMILES string of the molecule is O=C(C1CCNCC1)N1CCc2ccc(F)cc2C1. The van der Waals surface area contributed by atoms with Gasteiger partial charge in [0.2, 0.25) is 5.91 Å². The number of amides is 1. The van der Waals surface area contributed by atoms with Crippen LogP contribution in [0.15, 0.2) is 18.2 Å². The van der Waals surface area contributed by atoms with E-state index < -0.39 is 0 Å². The molecular formula is C15H19FN2O. The number of halogens is 1. The monoisotopic (exact) mass is 262 g/mol. The Morgan fingerprint density at radius 2 is 2.05 bits per heavy atom. The second kappa shape index (κ2) is 5.29. The van der Waals surface area contributed by atoms with Crippen molar-refractivity contribution in [2.45, 2.75) is 25.8 Å². The van der Waals surface area contributed by atoms with Gasteiger partial charge in [0, 0.05) is 19.0 Å². The summed E-state index contributed by atoms with van der Waals surface area (Å²) in [6.07, 6.45) is 2.68. The van der Waals surface area contributed by atoms with E-state index in [4.69, 9.17) is 0 Å². The molecule has 0 saturated carbocycles. The topological polar surface area (TPSA) is 32.3 Å². The number of nitrogens with one attached hydrogen (secondary N) is 1. The Morgan fingerprint density at radius 1 is 1.26 bits per heavy atom. The summed E-state index contributed by atoms with van der Waals surface area (Å²) < 4.78 is 13.3. The van der Waals surface area contributed by atoms with Gasteiger partial charge in [-0.2, -0.15) is 0 Å². The fraction of sp³-hybridized carbons (Fsp3) is 0.533. The first-order valence-corrected chi connectivity index (χ1v) is 7.01. The summed E-state index contributed by atoms with van der Waals surface area (Å²) in [5.41, 5.74) is 2.14. The van der Waals surface area contributed by atoms with Gasteiger partial charge in [-0.05, 0) is 55.6 Å². The Labute approximate surface area is 112 Å². The Morgan fingerprint density at radius 3 is 2.84 bits per heavy atom. The molecule has 0 radical (unpaired) electrons. The highest BCUT2D eigenvalue weighted by Gasteiger charge is 2.28. The molecule has 2 aliphatic heterocycles. The lowest BCUT2D eigenvalue weighted by atomic mass is 9.94. The Bertz CT molecular complexity index is 483. The van der Waals surface area contributed by atoms with Crippen molar-refractivity contribution < 1.29 is 9.18 Å². The van der Waals surface area contributed by atoms with Gasteiger partial charge in [-0.3, -0.25) is 4.79 Å². The van der Waals surface area contributed by atoms with Gasteiger partial charge >= 0.3 is 0 Å². The minimum Gasteiger partial charge on any atom is -0.338 e. The van der Waals surface area contributed by atoms with Crippen LogP contribution in [0.2, 0.25) is 0 Å². The van der Waals surface area contributed by atoms with Crippen LogP contribution in [-0.2, 0) is 17.8 Å². The molecule has 2 heterocycles. The molecule has 3 nitrogen and oxygen atoms in total. The summed E-state index contributed by atoms with van der Waals surface area (Å²) in [5.74, 6) is 0.183. The molecule has 1 N–H and O–H groups in total. The highest BCUT2D eigenvalue weighted by molar-refractivity contribution is 5.79. The van der Waals surface area contributed by atoms with Gasteiger partial charge in [0.15, 0.2) is 0 Å². The zero-order valence-electron chi connectivity index (χ0n) is 11.0. The molecule has 102 valence electrons. The van der Waals surface area contributed by atoms with E-state index in [9.17, 15) is 9.18 Å². The third-order valence-electron chi connectivity index (χ3n) is 4.18. The van der Waals surface area contributed by atoms with Gasteiger partial charge in [-0.15, -0.1) is 0 Å². The van der Waals surface area contributed by atoms with E-state index in [1.54, 1.807) is 6.07 Å². The number of piperidine rings is 1. The summed E-state index contributed by atoms with van der Waals surface area (Å²) in [4.78, 5) is 14.4. The molecule has 1 fully saturated rings. The molecule has 4 heteroatoms. The first kappa shape index (κ1) is 12.6. The van der Waals surface area contributed by atoms with E-state index in [2.05, 4.69) is 5.32 Å². The summed E-state index contributed by atoms with van der Waals surface area (Å²) in [6.45, 7) is 3.18. The lowest BCUT2D eigenvalue weighted by molar-refractivity contribution is -0.137. The highest BCUT2D eigenvalue weighted by Crippen LogP contribution is 2.23. The molecule has 0 aromatic heterocycles. The fourth-order valence-corrected chi connectivity index (χ4v) is 3.04. The van der Waals surface area contributed by atoms with Gasteiger partial charge in [0.1, 0.15) is 5.82 Å². The first-order chi connectivity index (χ1) is 9.24. The van der Waals surface area contributed by atoms with E-state index in [0.29, 0.717) is 6.54 Å². The number of hydrogen-bond acceptors (Lipinski definition) is 2. The molecule has 19 heavy (non-hydrogen) atoms. The number of rotatable bonds is 1. The average Bonchev–Trinajstić information content (AvgIpc) is 2.46. The van der Waals surface area contributed by atoms with Crippen LogP contribution in [0, 0.1) is 11.7 Å². The van der Waals surface area contributed by atoms with E-state index >= 15 is 0 Å². The Kier molecular flexibility index (Phi) is 3.51. The standard InChI is InChI=1S/C15H19FN2O/c16-14-2-1-11-5-8-18(10-13(11)9-14)15(19)12-3-6-17-7-4-12/h1-2,9,12,17H,3-8,10H2. The number of carbonyl (C=O) groups excluding carboxylic acids is 1. The van der Waals surface area contributed by atoms with Gasteiger partial charge in [-0.25, -0.2) is 4.39 Å². The molecule has 0 aliphatic carbocycles. The lowest BCUT2D eigenvalue weighted by Crippen LogP contribution is -2.43. The minimum atomic E-state index is -0.213. The van der Waals surface area contributed by atoms with Crippen molar-refractivity contribution in [2.75, 3.05) is 19.6 Å². The summed E-state index contributed by atoms with van der Waals surface area (Å²) >= 11 is 0. The van der Waals surface area contributed by atoms with Gasteiger partial charge in [0.05, 0.1) is 0 Å². The normalized spacial score (nSPS) is 20.2. The molecule has 0 unspecified atom stereocenters. The Balaban J connectivity index is 1.72. The zero-order chi connectivity index (χ0) is 13.2. The molecule has 1 saturated heterocycles. The second-order valence-electron chi connectivity index (χ2n) is 5.45. The van der Waals surface area contributed by atoms with E-state index in [1.807, 2.05) is 11.0 Å². The second-order valence-corrected chi connectivity index (χ2v) is 5.45. The molecule has 3 rings (SSSR count). The maximum absolute atomic E-state index is 13.3. The summed E-state index contributed by atoms with van der Waals surface area (Å²) in [5, 5.41) is 3.28. The minimum absolute atomic E-state index is 0.149. The number of nitrogens with zero attached hydrogens (tertiary/aromatic N) is 1. The molecule has 1 aromatic carbocycles. The number of benzene rings is 1. The van der Waals surface area contributed by atoms with Gasteiger partial charge in [0.25, 0.3) is 0 Å². The van der Waals surface area contributed by atoms with Crippen molar-refractivity contribution in [3.05, 3.63) is 35.1 Å². The van der Waals surface area contributed by atoms with E-state index in [0.717, 1.165) is 44.5 Å². The van der Waals surface area contributed by atoms with E-state index in [1.165, 1.54) is 11.6 Å². The predicted molar refractivity (Wildman–Crippen MR) is 71.1 cm³/mol. The molecule has 0 spiro atoms. The van der Waals surface area contributed by atoms with Crippen molar-refractivity contribution in [2.24, 2.45) is 5.92 Å². The van der Waals surface area contributed by atoms with Crippen LogP contribution in [0.25, 0.3) is 0 Å². The zero-order valence-corrected chi connectivity index (χ0v) is 11.0. The fourth-order valence-electron chi connectivity index (χ4n) is 3.04. The third-order valence-corrected chi connectivity index (χ3v) is 4.18. The van der Waals surface area contributed by atoms with Gasteiger partial charge in [-0.1, -0.05) is 6.07 Å². The average molecular weight is 262 g/mol. The predicted octanol–water partition coefficient (Wildman–Crippen LogP) is 1.71. The van der Waals surface area contributed by atoms with Crippen LogP contribution in [0.3, 0.4) is 0 Å². The molecule has 1 amide bonds. The molecule has 0 bridgehead atoms. The van der Waals surface area contributed by atoms with Crippen LogP contribution in [0.4, 0.5) is 4.39 Å². The van der Waals surface area contributed by atoms with Crippen molar-refractivity contribution in [1.82, 2.24) is 10.2 Å². The lowest BCUT2D eigenvalue weighted by Gasteiger charge is -2.33. The van der Waals surface area contributed by atoms with Crippen LogP contribution < -0.4 is 5.32 Å². The number of hydrogen-bond donors (Lipinski definition) is 1. The molecule has 2 aliphatic rings. The number of carbonyl (C=O) groups is 1. The van der Waals surface area contributed by atoms with Crippen LogP contribution in [0.5, 0.6) is 0 Å². The molecule has 0 atom stereocenters. The maximum atomic E-state index is 13.3. The smallest absolute Gasteiger partial charge is 0.226 e. The third kappa shape index (κ3) is 2.63. The molecule has 1 aromatic rings. The van der Waals surface area contributed by atoms with Crippen LogP contribution >= 0.6 is 0 Å². The van der Waals surface area contributed by atoms with Crippen LogP contribution in [0.1, 0.15) is 24.0 Å². The first-order valence-electron chi connectivity index (χ1n) is 7.01. The Hall–Kier alpha value is -1.42. The largest absolute Gasteiger partial charge is 0.338 e. The van der Waals surface area contributed by atoms with Crippen molar-refractivity contribution in [3.63, 3.8) is 0 Å². The van der Waals surface area contributed by atoms with Crippen molar-refractivity contribution in [3.8, 4) is 0 Å². The molecular weight excluding hydrogens is 243 g/mol. The van der Waals surface area contributed by atoms with Crippen LogP contribution in [-0.4, -0.2) is 30.4 Å². The number of fused-ring (bicyclic) bond motifs is 1. The van der Waals surface area contributed by atoms with Crippen molar-refractivity contribution >= 4 is 5.91 Å². The highest BCUT2D eigenvalue weighted by atomic mass is 19.1. The summed E-state index contributed by atoms with van der Waals surface area (Å²) in [7, 11) is 0. The van der Waals surface area contributed by atoms with Gasteiger partial charge < -0.3 is 10.2 Å². The quantitative estimate of drug-likeness (QED) is 0.835. The van der Waals surface area contributed by atoms with E-state index in [-0.39, 0.29) is 17.6 Å². The maximum Gasteiger partial charge on any atom is 0.226 e.